The maximum atomic E-state index is 13.7. The number of hydrogen-bond acceptors (Lipinski definition) is 9. The van der Waals surface area contributed by atoms with Gasteiger partial charge in [0.05, 0.1) is 13.1 Å². The van der Waals surface area contributed by atoms with E-state index in [0.29, 0.717) is 9.80 Å². The highest BCUT2D eigenvalue weighted by atomic mass is 16.4. The summed E-state index contributed by atoms with van der Waals surface area (Å²) in [5.74, 6) is -6.48. The number of nitrogens with zero attached hydrogens (tertiary/aromatic N) is 2. The number of carbonyl (C=O) groups excluding carboxylic acids is 7. The molecule has 0 spiro atoms. The largest absolute Gasteiger partial charge is 0.465 e. The summed E-state index contributed by atoms with van der Waals surface area (Å²) in [6.45, 7) is 13.0. The molecule has 0 aliphatic rings. The van der Waals surface area contributed by atoms with Crippen LogP contribution in [0.5, 0.6) is 0 Å². The number of amides is 8. The summed E-state index contributed by atoms with van der Waals surface area (Å²) in [7, 11) is 0. The third kappa shape index (κ3) is 15.9. The third-order valence-electron chi connectivity index (χ3n) is 9.11. The van der Waals surface area contributed by atoms with Gasteiger partial charge in [0.2, 0.25) is 23.6 Å². The first-order valence-corrected chi connectivity index (χ1v) is 20.0. The molecule has 0 aliphatic carbocycles. The van der Waals surface area contributed by atoms with Crippen molar-refractivity contribution in [3.63, 3.8) is 0 Å². The van der Waals surface area contributed by atoms with Crippen LogP contribution in [0.2, 0.25) is 0 Å². The lowest BCUT2D eigenvalue weighted by molar-refractivity contribution is -0.133. The van der Waals surface area contributed by atoms with E-state index >= 15 is 0 Å². The smallest absolute Gasteiger partial charge is 0.415 e. The molecule has 0 aliphatic heterocycles. The molecule has 0 unspecified atom stereocenters. The molecule has 60 heavy (non-hydrogen) atoms. The molecule has 2 aromatic carbocycles. The fraction of sp³-hybridized carbons (Fsp3) is 0.512. The lowest BCUT2D eigenvalue weighted by atomic mass is 9.98. The number of imide groups is 2. The van der Waals surface area contributed by atoms with Gasteiger partial charge in [-0.3, -0.25) is 33.6 Å². The predicted molar refractivity (Wildman–Crippen MR) is 222 cm³/mol. The van der Waals surface area contributed by atoms with Crippen LogP contribution in [0.3, 0.4) is 0 Å². The third-order valence-corrected chi connectivity index (χ3v) is 9.11. The Balaban J connectivity index is 2.18. The van der Waals surface area contributed by atoms with Gasteiger partial charge < -0.3 is 31.5 Å². The average Bonchev–Trinajstić information content (AvgIpc) is 3.17. The van der Waals surface area contributed by atoms with Gasteiger partial charge in [-0.2, -0.15) is 0 Å². The van der Waals surface area contributed by atoms with E-state index in [-0.39, 0.29) is 60.5 Å². The SMILES string of the molecule is CC(C)C[C@H](NC(=O)[C@H](CC(C)C)N(C(=O)O)C(=O)c1ccccc1)C(=O)NCC(=O)CNC(=O)[C@H](CC(C)C)NC(=O)[C@H](CC(C)C)N(C(=O)O)C(=O)c1ccccc1. The zero-order valence-electron chi connectivity index (χ0n) is 35.6. The number of ketones is 1. The maximum Gasteiger partial charge on any atom is 0.415 e. The van der Waals surface area contributed by atoms with E-state index in [4.69, 9.17) is 0 Å². The maximum absolute atomic E-state index is 13.7. The second kappa shape index (κ2) is 24.1. The monoisotopic (exact) mass is 836 g/mol. The van der Waals surface area contributed by atoms with Crippen LogP contribution in [0.1, 0.15) is 102 Å². The van der Waals surface area contributed by atoms with Gasteiger partial charge in [0.1, 0.15) is 24.2 Å². The summed E-state index contributed by atoms with van der Waals surface area (Å²) >= 11 is 0. The van der Waals surface area contributed by atoms with E-state index in [2.05, 4.69) is 21.3 Å². The molecule has 17 nitrogen and oxygen atoms in total. The second-order valence-electron chi connectivity index (χ2n) is 16.3. The van der Waals surface area contributed by atoms with Gasteiger partial charge in [-0.25, -0.2) is 19.4 Å². The van der Waals surface area contributed by atoms with Gasteiger partial charge in [0.15, 0.2) is 5.78 Å². The fourth-order valence-corrected chi connectivity index (χ4v) is 6.34. The summed E-state index contributed by atoms with van der Waals surface area (Å²) < 4.78 is 0. The molecule has 6 N–H and O–H groups in total. The summed E-state index contributed by atoms with van der Waals surface area (Å²) in [5.41, 5.74) is 0.105. The normalized spacial score (nSPS) is 13.1. The Morgan fingerprint density at radius 3 is 1.03 bits per heavy atom. The van der Waals surface area contributed by atoms with Gasteiger partial charge >= 0.3 is 12.2 Å². The highest BCUT2D eigenvalue weighted by Gasteiger charge is 2.39. The Labute approximate surface area is 351 Å². The Morgan fingerprint density at radius 1 is 0.467 bits per heavy atom. The van der Waals surface area contributed by atoms with E-state index in [1.54, 1.807) is 91.8 Å². The molecule has 0 saturated heterocycles. The number of carbonyl (C=O) groups is 9. The molecule has 8 amide bonds. The molecule has 2 aromatic rings. The van der Waals surface area contributed by atoms with Crippen LogP contribution in [-0.4, -0.2) is 111 Å². The highest BCUT2D eigenvalue weighted by molar-refractivity contribution is 6.07. The van der Waals surface area contributed by atoms with Crippen molar-refractivity contribution in [3.05, 3.63) is 71.8 Å². The van der Waals surface area contributed by atoms with Gasteiger partial charge in [-0.05, 0) is 73.6 Å². The summed E-state index contributed by atoms with van der Waals surface area (Å²) in [6.07, 6.45) is -3.17. The quantitative estimate of drug-likeness (QED) is 0.0975. The van der Waals surface area contributed by atoms with Crippen molar-refractivity contribution in [1.29, 1.82) is 0 Å². The number of hydrogen-bond donors (Lipinski definition) is 6. The highest BCUT2D eigenvalue weighted by Crippen LogP contribution is 2.19. The van der Waals surface area contributed by atoms with E-state index in [1.807, 2.05) is 0 Å². The molecule has 0 heterocycles. The molecule has 2 rings (SSSR count). The Morgan fingerprint density at radius 2 is 0.767 bits per heavy atom. The first-order valence-electron chi connectivity index (χ1n) is 20.0. The Hall–Kier alpha value is -6.13. The molecule has 17 heteroatoms. The van der Waals surface area contributed by atoms with Crippen molar-refractivity contribution >= 4 is 53.4 Å². The van der Waals surface area contributed by atoms with E-state index < -0.39 is 90.7 Å². The van der Waals surface area contributed by atoms with Crippen molar-refractivity contribution in [2.24, 2.45) is 23.7 Å². The van der Waals surface area contributed by atoms with Crippen LogP contribution in [0.15, 0.2) is 60.7 Å². The molecule has 328 valence electrons. The number of nitrogens with one attached hydrogen (secondary N) is 4. The molecule has 0 bridgehead atoms. The van der Waals surface area contributed by atoms with Crippen molar-refractivity contribution in [3.8, 4) is 0 Å². The van der Waals surface area contributed by atoms with Crippen LogP contribution in [0.25, 0.3) is 0 Å². The van der Waals surface area contributed by atoms with Gasteiger partial charge in [0.25, 0.3) is 11.8 Å². The lowest BCUT2D eigenvalue weighted by Gasteiger charge is -2.30. The summed E-state index contributed by atoms with van der Waals surface area (Å²) in [6, 6.07) is 9.82. The number of benzene rings is 2. The zero-order valence-corrected chi connectivity index (χ0v) is 35.6. The number of carboxylic acid groups (broad SMARTS) is 2. The standard InChI is InChI=1S/C43H60N6O11/c1-25(2)19-32(46-38(53)34(21-27(5)6)48(42(57)58)40(55)29-15-11-9-12-16-29)36(51)44-23-31(50)24-45-37(52)33(20-26(3)4)47-39(54)35(22-28(7)8)49(43(59)60)41(56)30-17-13-10-14-18-30/h9-18,25-28,32-35H,19-24H2,1-8H3,(H,44,51)(H,45,52)(H,46,53)(H,47,54)(H,57,58)(H,59,60)/t32-,33-,34-,35-/m0/s1. The minimum atomic E-state index is -1.65. The van der Waals surface area contributed by atoms with E-state index in [1.165, 1.54) is 24.3 Å². The van der Waals surface area contributed by atoms with Crippen molar-refractivity contribution in [1.82, 2.24) is 31.1 Å². The average molecular weight is 837 g/mol. The molecule has 4 atom stereocenters. The van der Waals surface area contributed by atoms with Crippen LogP contribution in [-0.2, 0) is 24.0 Å². The van der Waals surface area contributed by atoms with E-state index in [9.17, 15) is 53.4 Å². The second-order valence-corrected chi connectivity index (χ2v) is 16.3. The molecular weight excluding hydrogens is 777 g/mol. The molecular formula is C43H60N6O11. The Bertz CT molecular complexity index is 1690. The zero-order chi connectivity index (χ0) is 45.3. The van der Waals surface area contributed by atoms with Crippen LogP contribution in [0, 0.1) is 23.7 Å². The first-order chi connectivity index (χ1) is 28.1. The molecule has 0 aromatic heterocycles. The summed E-state index contributed by atoms with van der Waals surface area (Å²) in [4.78, 5) is 119. The molecule has 0 saturated carbocycles. The topological polar surface area (TPSA) is 249 Å². The van der Waals surface area contributed by atoms with Crippen LogP contribution >= 0.6 is 0 Å². The van der Waals surface area contributed by atoms with Gasteiger partial charge in [-0.1, -0.05) is 91.8 Å². The lowest BCUT2D eigenvalue weighted by Crippen LogP contribution is -2.57. The predicted octanol–water partition coefficient (Wildman–Crippen LogP) is 4.32. The Kier molecular flexibility index (Phi) is 20.1. The van der Waals surface area contributed by atoms with E-state index in [0.717, 1.165) is 0 Å². The van der Waals surface area contributed by atoms with Gasteiger partial charge in [-0.15, -0.1) is 0 Å². The minimum Gasteiger partial charge on any atom is -0.465 e. The fourth-order valence-electron chi connectivity index (χ4n) is 6.34. The van der Waals surface area contributed by atoms with Crippen molar-refractivity contribution < 1.29 is 53.4 Å². The van der Waals surface area contributed by atoms with Crippen molar-refractivity contribution in [2.45, 2.75) is 105 Å². The van der Waals surface area contributed by atoms with Gasteiger partial charge in [0, 0.05) is 11.1 Å². The van der Waals surface area contributed by atoms with Crippen LogP contribution < -0.4 is 21.3 Å². The minimum absolute atomic E-state index is 0.0365. The van der Waals surface area contributed by atoms with Crippen molar-refractivity contribution in [2.75, 3.05) is 13.1 Å². The number of rotatable bonds is 22. The number of Topliss-reactive ketones (excluding diaryl/α,β-unsaturated/α-hetero) is 1. The first kappa shape index (κ1) is 50.0. The summed E-state index contributed by atoms with van der Waals surface area (Å²) in [5, 5.41) is 30.2. The van der Waals surface area contributed by atoms with Crippen LogP contribution in [0.4, 0.5) is 9.59 Å². The molecule has 0 radical (unpaired) electrons. The molecule has 0 fully saturated rings.